The van der Waals surface area contributed by atoms with Crippen LogP contribution in [0.2, 0.25) is 0 Å². The minimum atomic E-state index is 0.375. The first-order valence-electron chi connectivity index (χ1n) is 15.2. The lowest BCUT2D eigenvalue weighted by molar-refractivity contribution is 0.296. The predicted molar refractivity (Wildman–Crippen MR) is 176 cm³/mol. The van der Waals surface area contributed by atoms with E-state index in [4.69, 9.17) is 28.4 Å². The Labute approximate surface area is 262 Å². The van der Waals surface area contributed by atoms with Crippen molar-refractivity contribution in [1.82, 2.24) is 0 Å². The molecular formula is C38H46O6. The molecule has 0 aliphatic rings. The molecule has 0 unspecified atom stereocenters. The fourth-order valence-corrected chi connectivity index (χ4v) is 6.15. The molecule has 0 spiro atoms. The van der Waals surface area contributed by atoms with E-state index >= 15 is 0 Å². The van der Waals surface area contributed by atoms with Gasteiger partial charge in [-0.05, 0) is 96.9 Å². The zero-order valence-corrected chi connectivity index (χ0v) is 26.9. The third kappa shape index (κ3) is 8.40. The molecule has 0 aliphatic carbocycles. The van der Waals surface area contributed by atoms with Crippen LogP contribution >= 0.6 is 0 Å². The highest BCUT2D eigenvalue weighted by molar-refractivity contribution is 5.54. The van der Waals surface area contributed by atoms with Gasteiger partial charge < -0.3 is 28.4 Å². The molecule has 0 aliphatic heterocycles. The fourth-order valence-electron chi connectivity index (χ4n) is 6.15. The smallest absolute Gasteiger partial charge is 0.203 e. The molecule has 0 amide bonds. The summed E-state index contributed by atoms with van der Waals surface area (Å²) in [6.07, 6.45) is 5.85. The van der Waals surface area contributed by atoms with E-state index in [0.29, 0.717) is 46.3 Å². The Balaban J connectivity index is 1.65. The molecule has 0 N–H and O–H groups in total. The molecule has 6 heteroatoms. The first kappa shape index (κ1) is 32.6. The molecule has 4 aromatic carbocycles. The first-order chi connectivity index (χ1) is 21.5. The Morgan fingerprint density at radius 2 is 0.818 bits per heavy atom. The summed E-state index contributed by atoms with van der Waals surface area (Å²) in [4.78, 5) is 0. The van der Waals surface area contributed by atoms with Crippen molar-refractivity contribution in [2.24, 2.45) is 11.8 Å². The summed E-state index contributed by atoms with van der Waals surface area (Å²) in [7, 11) is 9.94. The van der Waals surface area contributed by atoms with E-state index < -0.39 is 0 Å². The van der Waals surface area contributed by atoms with E-state index in [1.807, 2.05) is 0 Å². The summed E-state index contributed by atoms with van der Waals surface area (Å²) in [5, 5.41) is 0. The molecule has 234 valence electrons. The van der Waals surface area contributed by atoms with Crippen molar-refractivity contribution in [2.45, 2.75) is 38.5 Å². The summed E-state index contributed by atoms with van der Waals surface area (Å²) >= 11 is 0. The zero-order valence-electron chi connectivity index (χ0n) is 26.9. The lowest BCUT2D eigenvalue weighted by Crippen LogP contribution is -2.23. The SMILES string of the molecule is COc1cc(CCC[C@H](Cc2ccccc2)[C@@H](Cc2ccccc2)Cc2cc(OC)c(OC)c(OC)c2)cc(OC)c1OC. The fraction of sp³-hybridized carbons (Fsp3) is 0.368. The third-order valence-electron chi connectivity index (χ3n) is 8.34. The van der Waals surface area contributed by atoms with Gasteiger partial charge in [0.15, 0.2) is 23.0 Å². The predicted octanol–water partition coefficient (Wildman–Crippen LogP) is 8.02. The second-order valence-corrected chi connectivity index (χ2v) is 11.1. The van der Waals surface area contributed by atoms with Crippen molar-refractivity contribution in [1.29, 1.82) is 0 Å². The molecule has 0 bridgehead atoms. The number of rotatable bonds is 17. The molecule has 2 atom stereocenters. The number of hydrogen-bond acceptors (Lipinski definition) is 6. The van der Waals surface area contributed by atoms with Gasteiger partial charge in [-0.2, -0.15) is 0 Å². The van der Waals surface area contributed by atoms with Crippen molar-refractivity contribution < 1.29 is 28.4 Å². The van der Waals surface area contributed by atoms with Gasteiger partial charge in [-0.25, -0.2) is 0 Å². The van der Waals surface area contributed by atoms with Gasteiger partial charge in [0.2, 0.25) is 11.5 Å². The van der Waals surface area contributed by atoms with Crippen LogP contribution in [0.15, 0.2) is 84.9 Å². The average molecular weight is 599 g/mol. The number of methoxy groups -OCH3 is 6. The number of aryl methyl sites for hydroxylation is 1. The molecular weight excluding hydrogens is 552 g/mol. The highest BCUT2D eigenvalue weighted by Crippen LogP contribution is 2.41. The molecule has 0 saturated heterocycles. The largest absolute Gasteiger partial charge is 0.493 e. The quantitative estimate of drug-likeness (QED) is 0.123. The summed E-state index contributed by atoms with van der Waals surface area (Å²) < 4.78 is 33.8. The molecule has 4 rings (SSSR count). The van der Waals surface area contributed by atoms with Gasteiger partial charge in [-0.15, -0.1) is 0 Å². The second-order valence-electron chi connectivity index (χ2n) is 11.1. The van der Waals surface area contributed by atoms with Crippen LogP contribution in [0, 0.1) is 11.8 Å². The van der Waals surface area contributed by atoms with Crippen molar-refractivity contribution >= 4 is 0 Å². The topological polar surface area (TPSA) is 55.4 Å². The van der Waals surface area contributed by atoms with Crippen LogP contribution in [-0.4, -0.2) is 42.7 Å². The van der Waals surface area contributed by atoms with Crippen LogP contribution in [0.3, 0.4) is 0 Å². The average Bonchev–Trinajstić information content (AvgIpc) is 3.07. The van der Waals surface area contributed by atoms with Crippen molar-refractivity contribution in [3.05, 3.63) is 107 Å². The van der Waals surface area contributed by atoms with Gasteiger partial charge in [0.1, 0.15) is 0 Å². The van der Waals surface area contributed by atoms with E-state index in [0.717, 1.165) is 38.5 Å². The Hall–Kier alpha value is -4.32. The molecule has 44 heavy (non-hydrogen) atoms. The maximum atomic E-state index is 5.71. The first-order valence-corrected chi connectivity index (χ1v) is 15.2. The number of benzene rings is 4. The Kier molecular flexibility index (Phi) is 12.2. The molecule has 0 fully saturated rings. The lowest BCUT2D eigenvalue weighted by Gasteiger charge is -2.29. The Morgan fingerprint density at radius 1 is 0.432 bits per heavy atom. The molecule has 0 heterocycles. The van der Waals surface area contributed by atoms with Crippen molar-refractivity contribution in [3.8, 4) is 34.5 Å². The number of hydrogen-bond donors (Lipinski definition) is 0. The minimum absolute atomic E-state index is 0.375. The molecule has 0 aromatic heterocycles. The van der Waals surface area contributed by atoms with E-state index in [1.165, 1.54) is 22.3 Å². The van der Waals surface area contributed by atoms with E-state index in [1.54, 1.807) is 42.7 Å². The van der Waals surface area contributed by atoms with Gasteiger partial charge in [-0.1, -0.05) is 60.7 Å². The zero-order chi connectivity index (χ0) is 31.3. The normalized spacial score (nSPS) is 12.2. The summed E-state index contributed by atoms with van der Waals surface area (Å²) in [5.41, 5.74) is 5.03. The molecule has 0 saturated carbocycles. The standard InChI is InChI=1S/C38H46O6/c1-39-33-23-29(24-34(40-2)37(33)43-5)18-13-19-31(20-27-14-9-7-10-15-27)32(21-28-16-11-8-12-17-28)22-30-25-35(41-3)38(44-6)36(26-30)42-4/h7-12,14-17,23-26,31-32H,13,18-22H2,1-6H3/t31-,32+/m1/s1. The Bertz CT molecular complexity index is 1390. The van der Waals surface area contributed by atoms with Gasteiger partial charge in [-0.3, -0.25) is 0 Å². The van der Waals surface area contributed by atoms with Crippen LogP contribution in [0.1, 0.15) is 35.1 Å². The molecule has 0 radical (unpaired) electrons. The lowest BCUT2D eigenvalue weighted by atomic mass is 9.76. The highest BCUT2D eigenvalue weighted by atomic mass is 16.5. The van der Waals surface area contributed by atoms with E-state index in [2.05, 4.69) is 84.9 Å². The summed E-state index contributed by atoms with van der Waals surface area (Å²) in [6.45, 7) is 0. The van der Waals surface area contributed by atoms with E-state index in [9.17, 15) is 0 Å². The summed E-state index contributed by atoms with van der Waals surface area (Å²) in [5.74, 6) is 4.78. The van der Waals surface area contributed by atoms with Crippen molar-refractivity contribution in [2.75, 3.05) is 42.7 Å². The van der Waals surface area contributed by atoms with Crippen molar-refractivity contribution in [3.63, 3.8) is 0 Å². The van der Waals surface area contributed by atoms with Crippen LogP contribution in [0.4, 0.5) is 0 Å². The van der Waals surface area contributed by atoms with Gasteiger partial charge in [0.05, 0.1) is 42.7 Å². The third-order valence-corrected chi connectivity index (χ3v) is 8.34. The summed E-state index contributed by atoms with van der Waals surface area (Å²) in [6, 6.07) is 29.9. The van der Waals surface area contributed by atoms with E-state index in [-0.39, 0.29) is 0 Å². The maximum absolute atomic E-state index is 5.71. The molecule has 4 aromatic rings. The van der Waals surface area contributed by atoms with Crippen LogP contribution in [-0.2, 0) is 25.7 Å². The van der Waals surface area contributed by atoms with Crippen LogP contribution < -0.4 is 28.4 Å². The highest BCUT2D eigenvalue weighted by Gasteiger charge is 2.25. The monoisotopic (exact) mass is 598 g/mol. The Morgan fingerprint density at radius 3 is 1.23 bits per heavy atom. The van der Waals surface area contributed by atoms with Crippen LogP contribution in [0.5, 0.6) is 34.5 Å². The second kappa shape index (κ2) is 16.5. The van der Waals surface area contributed by atoms with Gasteiger partial charge in [0.25, 0.3) is 0 Å². The number of ether oxygens (including phenoxy) is 6. The minimum Gasteiger partial charge on any atom is -0.493 e. The van der Waals surface area contributed by atoms with Gasteiger partial charge >= 0.3 is 0 Å². The maximum Gasteiger partial charge on any atom is 0.203 e. The van der Waals surface area contributed by atoms with Gasteiger partial charge in [0, 0.05) is 0 Å². The molecule has 6 nitrogen and oxygen atoms in total. The van der Waals surface area contributed by atoms with Crippen LogP contribution in [0.25, 0.3) is 0 Å².